The summed E-state index contributed by atoms with van der Waals surface area (Å²) >= 11 is 12.2. The standard InChI is InChI=1S/C17H15Cl2NO/c1-2-14-16(13-5-3-4-6-15(13)21-14)17(20)10-7-11(18)9-12(19)8-10/h3-9,17H,2,20H2,1H3. The molecule has 0 amide bonds. The normalized spacial score (nSPS) is 12.8. The van der Waals surface area contributed by atoms with E-state index in [9.17, 15) is 0 Å². The van der Waals surface area contributed by atoms with Gasteiger partial charge in [-0.1, -0.05) is 48.3 Å². The first-order valence-corrected chi connectivity index (χ1v) is 7.57. The van der Waals surface area contributed by atoms with Gasteiger partial charge in [-0.05, 0) is 29.8 Å². The Hall–Kier alpha value is -1.48. The summed E-state index contributed by atoms with van der Waals surface area (Å²) in [6, 6.07) is 13.0. The van der Waals surface area contributed by atoms with Crippen molar-refractivity contribution in [1.82, 2.24) is 0 Å². The molecular weight excluding hydrogens is 305 g/mol. The Morgan fingerprint density at radius 3 is 2.43 bits per heavy atom. The Kier molecular flexibility index (Phi) is 3.94. The van der Waals surface area contributed by atoms with E-state index in [1.807, 2.05) is 36.4 Å². The monoisotopic (exact) mass is 319 g/mol. The highest BCUT2D eigenvalue weighted by Crippen LogP contribution is 2.35. The SMILES string of the molecule is CCc1oc2ccccc2c1C(N)c1cc(Cl)cc(Cl)c1. The van der Waals surface area contributed by atoms with E-state index in [1.165, 1.54) is 0 Å². The minimum absolute atomic E-state index is 0.320. The highest BCUT2D eigenvalue weighted by Gasteiger charge is 2.20. The molecule has 108 valence electrons. The van der Waals surface area contributed by atoms with Gasteiger partial charge in [0.25, 0.3) is 0 Å². The number of aryl methyl sites for hydroxylation is 1. The number of fused-ring (bicyclic) bond motifs is 1. The Balaban J connectivity index is 2.18. The van der Waals surface area contributed by atoms with Crippen LogP contribution in [0.15, 0.2) is 46.9 Å². The van der Waals surface area contributed by atoms with E-state index in [-0.39, 0.29) is 6.04 Å². The summed E-state index contributed by atoms with van der Waals surface area (Å²) in [6.45, 7) is 2.05. The summed E-state index contributed by atoms with van der Waals surface area (Å²) in [6.07, 6.45) is 0.784. The summed E-state index contributed by atoms with van der Waals surface area (Å²) in [4.78, 5) is 0. The quantitative estimate of drug-likeness (QED) is 0.706. The van der Waals surface area contributed by atoms with Gasteiger partial charge in [-0.25, -0.2) is 0 Å². The third-order valence-electron chi connectivity index (χ3n) is 3.59. The van der Waals surface area contributed by atoms with Crippen molar-refractivity contribution in [1.29, 1.82) is 0 Å². The number of furan rings is 1. The molecule has 2 nitrogen and oxygen atoms in total. The molecule has 0 radical (unpaired) electrons. The summed E-state index contributed by atoms with van der Waals surface area (Å²) < 4.78 is 5.91. The van der Waals surface area contributed by atoms with Gasteiger partial charge >= 0.3 is 0 Å². The molecule has 0 bridgehead atoms. The first-order chi connectivity index (χ1) is 10.1. The molecule has 0 saturated heterocycles. The molecule has 1 unspecified atom stereocenters. The Bertz CT molecular complexity index is 774. The topological polar surface area (TPSA) is 39.2 Å². The maximum absolute atomic E-state index is 6.46. The van der Waals surface area contributed by atoms with Gasteiger partial charge in [0, 0.05) is 27.4 Å². The van der Waals surface area contributed by atoms with Crippen molar-refractivity contribution in [2.24, 2.45) is 5.73 Å². The molecule has 0 spiro atoms. The molecule has 0 aliphatic rings. The molecule has 1 atom stereocenters. The number of hydrogen-bond donors (Lipinski definition) is 1. The first-order valence-electron chi connectivity index (χ1n) is 6.82. The van der Waals surface area contributed by atoms with Crippen LogP contribution in [0.1, 0.15) is 29.9 Å². The van der Waals surface area contributed by atoms with Gasteiger partial charge in [-0.15, -0.1) is 0 Å². The second kappa shape index (κ2) is 5.72. The van der Waals surface area contributed by atoms with Gasteiger partial charge in [0.2, 0.25) is 0 Å². The third kappa shape index (κ3) is 2.67. The molecule has 2 aromatic carbocycles. The van der Waals surface area contributed by atoms with Crippen LogP contribution in [-0.4, -0.2) is 0 Å². The van der Waals surface area contributed by atoms with Gasteiger partial charge in [0.1, 0.15) is 11.3 Å². The van der Waals surface area contributed by atoms with Crippen molar-refractivity contribution in [3.8, 4) is 0 Å². The second-order valence-corrected chi connectivity index (χ2v) is 5.84. The molecule has 0 aliphatic carbocycles. The number of nitrogens with two attached hydrogens (primary N) is 1. The molecular formula is C17H15Cl2NO. The molecule has 3 rings (SSSR count). The van der Waals surface area contributed by atoms with Crippen molar-refractivity contribution in [2.45, 2.75) is 19.4 Å². The van der Waals surface area contributed by atoms with Crippen LogP contribution < -0.4 is 5.73 Å². The van der Waals surface area contributed by atoms with E-state index in [0.29, 0.717) is 10.0 Å². The lowest BCUT2D eigenvalue weighted by molar-refractivity contribution is 0.546. The molecule has 1 aromatic heterocycles. The number of benzene rings is 2. The molecule has 4 heteroatoms. The lowest BCUT2D eigenvalue weighted by atomic mass is 9.96. The van der Waals surface area contributed by atoms with E-state index < -0.39 is 0 Å². The maximum Gasteiger partial charge on any atom is 0.134 e. The van der Waals surface area contributed by atoms with E-state index in [0.717, 1.165) is 34.3 Å². The van der Waals surface area contributed by atoms with E-state index >= 15 is 0 Å². The van der Waals surface area contributed by atoms with Crippen LogP contribution in [0.25, 0.3) is 11.0 Å². The predicted molar refractivity (Wildman–Crippen MR) is 88.1 cm³/mol. The van der Waals surface area contributed by atoms with Crippen molar-refractivity contribution < 1.29 is 4.42 Å². The summed E-state index contributed by atoms with van der Waals surface area (Å²) in [5.74, 6) is 0.903. The zero-order chi connectivity index (χ0) is 15.0. The average Bonchev–Trinajstić information content (AvgIpc) is 2.83. The molecule has 1 heterocycles. The van der Waals surface area contributed by atoms with Crippen LogP contribution in [0.3, 0.4) is 0 Å². The fraction of sp³-hybridized carbons (Fsp3) is 0.176. The molecule has 0 aliphatic heterocycles. The van der Waals surface area contributed by atoms with Crippen molar-refractivity contribution in [3.63, 3.8) is 0 Å². The zero-order valence-corrected chi connectivity index (χ0v) is 13.1. The van der Waals surface area contributed by atoms with E-state index in [2.05, 4.69) is 6.92 Å². The number of rotatable bonds is 3. The molecule has 2 N–H and O–H groups in total. The number of halogens is 2. The fourth-order valence-electron chi connectivity index (χ4n) is 2.64. The molecule has 0 saturated carbocycles. The van der Waals surface area contributed by atoms with Crippen LogP contribution in [0.4, 0.5) is 0 Å². The number of hydrogen-bond acceptors (Lipinski definition) is 2. The van der Waals surface area contributed by atoms with Crippen LogP contribution in [-0.2, 0) is 6.42 Å². The van der Waals surface area contributed by atoms with Crippen molar-refractivity contribution in [2.75, 3.05) is 0 Å². The average molecular weight is 320 g/mol. The molecule has 3 aromatic rings. The Morgan fingerprint density at radius 2 is 1.76 bits per heavy atom. The maximum atomic E-state index is 6.46. The van der Waals surface area contributed by atoms with Crippen molar-refractivity contribution >= 4 is 34.2 Å². The third-order valence-corrected chi connectivity index (χ3v) is 4.02. The van der Waals surface area contributed by atoms with Crippen LogP contribution in [0.2, 0.25) is 10.0 Å². The second-order valence-electron chi connectivity index (χ2n) is 4.97. The predicted octanol–water partition coefficient (Wildman–Crippen LogP) is 5.35. The van der Waals surface area contributed by atoms with Gasteiger partial charge < -0.3 is 10.2 Å². The van der Waals surface area contributed by atoms with Gasteiger partial charge in [0.05, 0.1) is 6.04 Å². The zero-order valence-electron chi connectivity index (χ0n) is 11.6. The molecule has 0 fully saturated rings. The minimum atomic E-state index is -0.320. The lowest BCUT2D eigenvalue weighted by Gasteiger charge is -2.13. The number of para-hydroxylation sites is 1. The van der Waals surface area contributed by atoms with Crippen molar-refractivity contribution in [3.05, 3.63) is 69.4 Å². The van der Waals surface area contributed by atoms with Crippen LogP contribution in [0.5, 0.6) is 0 Å². The summed E-state index contributed by atoms with van der Waals surface area (Å²) in [7, 11) is 0. The van der Waals surface area contributed by atoms with Crippen LogP contribution >= 0.6 is 23.2 Å². The van der Waals surface area contributed by atoms with E-state index in [1.54, 1.807) is 6.07 Å². The lowest BCUT2D eigenvalue weighted by Crippen LogP contribution is -2.13. The van der Waals surface area contributed by atoms with Gasteiger partial charge in [-0.3, -0.25) is 0 Å². The van der Waals surface area contributed by atoms with Gasteiger partial charge in [0.15, 0.2) is 0 Å². The Labute approximate surface area is 133 Å². The van der Waals surface area contributed by atoms with Crippen LogP contribution in [0, 0.1) is 0 Å². The summed E-state index contributed by atoms with van der Waals surface area (Å²) in [5.41, 5.74) is 9.21. The highest BCUT2D eigenvalue weighted by molar-refractivity contribution is 6.34. The smallest absolute Gasteiger partial charge is 0.134 e. The fourth-order valence-corrected chi connectivity index (χ4v) is 3.18. The summed E-state index contributed by atoms with van der Waals surface area (Å²) in [5, 5.41) is 2.20. The minimum Gasteiger partial charge on any atom is -0.461 e. The van der Waals surface area contributed by atoms with E-state index in [4.69, 9.17) is 33.4 Å². The largest absolute Gasteiger partial charge is 0.461 e. The molecule has 21 heavy (non-hydrogen) atoms. The van der Waals surface area contributed by atoms with Gasteiger partial charge in [-0.2, -0.15) is 0 Å². The highest BCUT2D eigenvalue weighted by atomic mass is 35.5. The first kappa shape index (κ1) is 14.5. The Morgan fingerprint density at radius 1 is 1.10 bits per heavy atom.